The predicted molar refractivity (Wildman–Crippen MR) is 76.9 cm³/mol. The zero-order chi connectivity index (χ0) is 15.3. The molecule has 1 N–H and O–H groups in total. The molecule has 22 heavy (non-hydrogen) atoms. The number of aromatic nitrogens is 1. The van der Waals surface area contributed by atoms with E-state index in [2.05, 4.69) is 4.98 Å². The van der Waals surface area contributed by atoms with Crippen LogP contribution >= 0.6 is 0 Å². The van der Waals surface area contributed by atoms with Gasteiger partial charge in [-0.05, 0) is 24.3 Å². The molecule has 0 saturated heterocycles. The fourth-order valence-corrected chi connectivity index (χ4v) is 2.48. The maximum atomic E-state index is 12.4. The molecule has 0 bridgehead atoms. The summed E-state index contributed by atoms with van der Waals surface area (Å²) in [7, 11) is 0. The summed E-state index contributed by atoms with van der Waals surface area (Å²) in [5.74, 6) is -0.410. The van der Waals surface area contributed by atoms with E-state index in [9.17, 15) is 14.7 Å². The van der Waals surface area contributed by atoms with Crippen LogP contribution in [0.25, 0.3) is 11.5 Å². The lowest BCUT2D eigenvalue weighted by Gasteiger charge is -2.10. The van der Waals surface area contributed by atoms with E-state index in [-0.39, 0.29) is 34.7 Å². The van der Waals surface area contributed by atoms with Crippen LogP contribution in [0.3, 0.4) is 0 Å². The number of carbonyl (C=O) groups is 2. The number of aromatic hydroxyl groups is 1. The summed E-state index contributed by atoms with van der Waals surface area (Å²) in [5.41, 5.74) is 1.28. The van der Waals surface area contributed by atoms with Crippen molar-refractivity contribution in [2.75, 3.05) is 0 Å². The highest BCUT2D eigenvalue weighted by Gasteiger charge is 2.35. The fourth-order valence-electron chi connectivity index (χ4n) is 2.48. The van der Waals surface area contributed by atoms with Crippen LogP contribution in [0.4, 0.5) is 0 Å². The first-order valence-corrected chi connectivity index (χ1v) is 6.64. The third-order valence-electron chi connectivity index (χ3n) is 3.58. The van der Waals surface area contributed by atoms with Crippen LogP contribution in [-0.2, 0) is 0 Å². The van der Waals surface area contributed by atoms with Gasteiger partial charge >= 0.3 is 0 Å². The summed E-state index contributed by atoms with van der Waals surface area (Å²) in [6.07, 6.45) is 0. The zero-order valence-corrected chi connectivity index (χ0v) is 11.2. The number of hydrogen-bond donors (Lipinski definition) is 1. The molecule has 2 aromatic carbocycles. The van der Waals surface area contributed by atoms with Gasteiger partial charge in [0.15, 0.2) is 5.69 Å². The number of fused-ring (bicyclic) bond motifs is 2. The average molecular weight is 291 g/mol. The number of rotatable bonds is 1. The van der Waals surface area contributed by atoms with Gasteiger partial charge in [-0.1, -0.05) is 24.3 Å². The van der Waals surface area contributed by atoms with Crippen molar-refractivity contribution in [3.63, 3.8) is 0 Å². The van der Waals surface area contributed by atoms with Crippen molar-refractivity contribution in [1.29, 1.82) is 0 Å². The average Bonchev–Trinajstić information content (AvgIpc) is 2.99. The molecule has 1 heterocycles. The smallest absolute Gasteiger partial charge is 0.231 e. The van der Waals surface area contributed by atoms with Gasteiger partial charge < -0.3 is 9.52 Å². The SMILES string of the molecule is O=C1c2ccccc2C(=O)c2oc(-c3ccc(O)cc3)nc21. The molecule has 5 nitrogen and oxygen atoms in total. The van der Waals surface area contributed by atoms with Gasteiger partial charge in [-0.15, -0.1) is 0 Å². The van der Waals surface area contributed by atoms with Crippen molar-refractivity contribution in [1.82, 2.24) is 4.98 Å². The van der Waals surface area contributed by atoms with Crippen LogP contribution in [0, 0.1) is 0 Å². The van der Waals surface area contributed by atoms with Crippen molar-refractivity contribution in [2.45, 2.75) is 0 Å². The molecule has 4 rings (SSSR count). The standard InChI is InChI=1S/C17H9NO4/c19-10-7-5-9(6-8-10)17-18-13-14(20)11-3-1-2-4-12(11)15(21)16(13)22-17/h1-8,19H. The molecule has 5 heteroatoms. The number of phenols is 1. The summed E-state index contributed by atoms with van der Waals surface area (Å²) >= 11 is 0. The minimum atomic E-state index is -0.345. The lowest BCUT2D eigenvalue weighted by Crippen LogP contribution is -2.19. The molecular formula is C17H9NO4. The van der Waals surface area contributed by atoms with Crippen molar-refractivity contribution in [2.24, 2.45) is 0 Å². The molecule has 3 aromatic rings. The lowest BCUT2D eigenvalue weighted by molar-refractivity contribution is 0.0959. The molecule has 1 aromatic heterocycles. The number of nitrogens with zero attached hydrogens (tertiary/aromatic N) is 1. The molecule has 1 aliphatic carbocycles. The van der Waals surface area contributed by atoms with Crippen molar-refractivity contribution in [3.8, 4) is 17.2 Å². The van der Waals surface area contributed by atoms with Crippen LogP contribution in [-0.4, -0.2) is 21.7 Å². The van der Waals surface area contributed by atoms with E-state index in [0.717, 1.165) is 0 Å². The van der Waals surface area contributed by atoms with Crippen molar-refractivity contribution >= 4 is 11.6 Å². The highest BCUT2D eigenvalue weighted by atomic mass is 16.4. The molecule has 0 amide bonds. The summed E-state index contributed by atoms with van der Waals surface area (Å²) < 4.78 is 5.51. The largest absolute Gasteiger partial charge is 0.508 e. The summed E-state index contributed by atoms with van der Waals surface area (Å²) in [6.45, 7) is 0. The maximum Gasteiger partial charge on any atom is 0.231 e. The van der Waals surface area contributed by atoms with Crippen LogP contribution in [0.2, 0.25) is 0 Å². The van der Waals surface area contributed by atoms with Gasteiger partial charge in [0.25, 0.3) is 0 Å². The van der Waals surface area contributed by atoms with E-state index >= 15 is 0 Å². The Hall–Kier alpha value is -3.21. The Morgan fingerprint density at radius 2 is 1.50 bits per heavy atom. The van der Waals surface area contributed by atoms with Gasteiger partial charge in [0.05, 0.1) is 0 Å². The van der Waals surface area contributed by atoms with E-state index in [4.69, 9.17) is 4.42 Å². The molecule has 0 radical (unpaired) electrons. The van der Waals surface area contributed by atoms with Crippen LogP contribution in [0.1, 0.15) is 32.2 Å². The molecule has 1 aliphatic rings. The third-order valence-corrected chi connectivity index (χ3v) is 3.58. The van der Waals surface area contributed by atoms with Gasteiger partial charge in [0.2, 0.25) is 23.2 Å². The minimum Gasteiger partial charge on any atom is -0.508 e. The Balaban J connectivity index is 1.88. The van der Waals surface area contributed by atoms with Gasteiger partial charge in [0, 0.05) is 16.7 Å². The van der Waals surface area contributed by atoms with Gasteiger partial charge in [0.1, 0.15) is 5.75 Å². The van der Waals surface area contributed by atoms with Gasteiger partial charge in [-0.3, -0.25) is 9.59 Å². The summed E-state index contributed by atoms with van der Waals surface area (Å²) in [5, 5.41) is 9.31. The molecule has 106 valence electrons. The number of phenolic OH excluding ortho intramolecular Hbond substituents is 1. The number of benzene rings is 2. The molecule has 0 atom stereocenters. The molecule has 0 fully saturated rings. The van der Waals surface area contributed by atoms with E-state index in [1.54, 1.807) is 36.4 Å². The van der Waals surface area contributed by atoms with Gasteiger partial charge in [-0.25, -0.2) is 4.98 Å². The highest BCUT2D eigenvalue weighted by molar-refractivity contribution is 6.26. The Labute approximate surface area is 124 Å². The third kappa shape index (κ3) is 1.69. The maximum absolute atomic E-state index is 12.4. The van der Waals surface area contributed by atoms with Crippen LogP contribution in [0.5, 0.6) is 5.75 Å². The topological polar surface area (TPSA) is 80.4 Å². The zero-order valence-electron chi connectivity index (χ0n) is 11.2. The van der Waals surface area contributed by atoms with Crippen LogP contribution in [0.15, 0.2) is 52.9 Å². The molecule has 0 saturated carbocycles. The fraction of sp³-hybridized carbons (Fsp3) is 0. The lowest BCUT2D eigenvalue weighted by atomic mass is 9.91. The second kappa shape index (κ2) is 4.39. The number of oxazole rings is 1. The van der Waals surface area contributed by atoms with E-state index in [0.29, 0.717) is 16.7 Å². The Morgan fingerprint density at radius 1 is 0.864 bits per heavy atom. The molecule has 0 unspecified atom stereocenters. The first-order chi connectivity index (χ1) is 10.6. The quantitative estimate of drug-likeness (QED) is 0.583. The Bertz CT molecular complexity index is 870. The molecule has 0 spiro atoms. The highest BCUT2D eigenvalue weighted by Crippen LogP contribution is 2.31. The minimum absolute atomic E-state index is 0.0341. The first-order valence-electron chi connectivity index (χ1n) is 6.64. The molecular weight excluding hydrogens is 282 g/mol. The van der Waals surface area contributed by atoms with E-state index in [1.807, 2.05) is 0 Å². The van der Waals surface area contributed by atoms with E-state index in [1.165, 1.54) is 12.1 Å². The predicted octanol–water partition coefficient (Wildman–Crippen LogP) is 2.82. The second-order valence-corrected chi connectivity index (χ2v) is 4.95. The van der Waals surface area contributed by atoms with Crippen molar-refractivity contribution in [3.05, 3.63) is 71.1 Å². The number of hydrogen-bond acceptors (Lipinski definition) is 5. The van der Waals surface area contributed by atoms with Crippen molar-refractivity contribution < 1.29 is 19.1 Å². The number of ketones is 2. The summed E-state index contributed by atoms with van der Waals surface area (Å²) in [6, 6.07) is 12.8. The summed E-state index contributed by atoms with van der Waals surface area (Å²) in [4.78, 5) is 29.0. The monoisotopic (exact) mass is 291 g/mol. The van der Waals surface area contributed by atoms with Gasteiger partial charge in [-0.2, -0.15) is 0 Å². The van der Waals surface area contributed by atoms with E-state index < -0.39 is 0 Å². The Kier molecular flexibility index (Phi) is 2.50. The normalized spacial score (nSPS) is 12.9. The second-order valence-electron chi connectivity index (χ2n) is 4.95. The molecule has 0 aliphatic heterocycles. The Morgan fingerprint density at radius 3 is 2.18 bits per heavy atom. The van der Waals surface area contributed by atoms with Crippen LogP contribution < -0.4 is 0 Å². The first kappa shape index (κ1) is 12.5. The number of carbonyl (C=O) groups excluding carboxylic acids is 2.